The standard InChI is InChI=1S/C11H12BrNO3/c12-8-3-1-7(2-4-8)9-5-16-6-10(13-9)11(14)15/h1-4,9-10,13H,5-6H2,(H,14,15). The van der Waals surface area contributed by atoms with Gasteiger partial charge in [-0.05, 0) is 17.7 Å². The molecule has 0 amide bonds. The quantitative estimate of drug-likeness (QED) is 0.866. The van der Waals surface area contributed by atoms with Crippen LogP contribution in [0.1, 0.15) is 11.6 Å². The Labute approximate surface area is 102 Å². The van der Waals surface area contributed by atoms with Crippen molar-refractivity contribution in [2.45, 2.75) is 12.1 Å². The molecule has 2 N–H and O–H groups in total. The van der Waals surface area contributed by atoms with Gasteiger partial charge >= 0.3 is 5.97 Å². The Kier molecular flexibility index (Phi) is 3.58. The Morgan fingerprint density at radius 3 is 2.69 bits per heavy atom. The van der Waals surface area contributed by atoms with Crippen molar-refractivity contribution in [3.8, 4) is 0 Å². The maximum Gasteiger partial charge on any atom is 0.323 e. The molecule has 5 heteroatoms. The highest BCUT2D eigenvalue weighted by molar-refractivity contribution is 9.10. The Bertz CT molecular complexity index is 379. The van der Waals surface area contributed by atoms with E-state index in [0.29, 0.717) is 6.61 Å². The third kappa shape index (κ3) is 2.61. The van der Waals surface area contributed by atoms with E-state index in [1.54, 1.807) is 0 Å². The van der Waals surface area contributed by atoms with Crippen molar-refractivity contribution in [3.63, 3.8) is 0 Å². The summed E-state index contributed by atoms with van der Waals surface area (Å²) in [6, 6.07) is 7.10. The largest absolute Gasteiger partial charge is 0.480 e. The lowest BCUT2D eigenvalue weighted by atomic mass is 10.1. The van der Waals surface area contributed by atoms with E-state index in [-0.39, 0.29) is 12.6 Å². The first-order valence-electron chi connectivity index (χ1n) is 4.99. The molecular weight excluding hydrogens is 274 g/mol. The highest BCUT2D eigenvalue weighted by Crippen LogP contribution is 2.20. The first-order chi connectivity index (χ1) is 7.66. The lowest BCUT2D eigenvalue weighted by Gasteiger charge is -2.29. The van der Waals surface area contributed by atoms with Crippen molar-refractivity contribution < 1.29 is 14.6 Å². The van der Waals surface area contributed by atoms with E-state index in [9.17, 15) is 4.79 Å². The summed E-state index contributed by atoms with van der Waals surface area (Å²) in [4.78, 5) is 10.8. The van der Waals surface area contributed by atoms with E-state index in [1.165, 1.54) is 0 Å². The number of carboxylic acid groups (broad SMARTS) is 1. The molecule has 0 spiro atoms. The first kappa shape index (κ1) is 11.6. The first-order valence-corrected chi connectivity index (χ1v) is 5.78. The van der Waals surface area contributed by atoms with Crippen LogP contribution in [0.3, 0.4) is 0 Å². The second kappa shape index (κ2) is 4.95. The molecule has 86 valence electrons. The molecule has 0 bridgehead atoms. The smallest absolute Gasteiger partial charge is 0.323 e. The maximum atomic E-state index is 10.8. The van der Waals surface area contributed by atoms with Crippen LogP contribution in [0.2, 0.25) is 0 Å². The molecular formula is C11H12BrNO3. The lowest BCUT2D eigenvalue weighted by Crippen LogP contribution is -2.48. The van der Waals surface area contributed by atoms with Gasteiger partial charge in [0.2, 0.25) is 0 Å². The average Bonchev–Trinajstić information content (AvgIpc) is 2.30. The summed E-state index contributed by atoms with van der Waals surface area (Å²) in [5, 5.41) is 11.9. The molecule has 1 aliphatic rings. The molecule has 1 fully saturated rings. The minimum absolute atomic E-state index is 0.0528. The van der Waals surface area contributed by atoms with E-state index in [4.69, 9.17) is 9.84 Å². The molecule has 0 aliphatic carbocycles. The van der Waals surface area contributed by atoms with Gasteiger partial charge in [0, 0.05) is 4.47 Å². The third-order valence-electron chi connectivity index (χ3n) is 2.54. The molecule has 1 aliphatic heterocycles. The SMILES string of the molecule is O=C(O)C1COCC(c2ccc(Br)cc2)N1. The molecule has 2 rings (SSSR count). The summed E-state index contributed by atoms with van der Waals surface area (Å²) in [5.41, 5.74) is 1.04. The molecule has 1 saturated heterocycles. The highest BCUT2D eigenvalue weighted by Gasteiger charge is 2.27. The van der Waals surface area contributed by atoms with Gasteiger partial charge in [0.25, 0.3) is 0 Å². The van der Waals surface area contributed by atoms with Crippen molar-refractivity contribution >= 4 is 21.9 Å². The van der Waals surface area contributed by atoms with Crippen LogP contribution in [-0.2, 0) is 9.53 Å². The number of morpholine rings is 1. The number of carboxylic acids is 1. The minimum atomic E-state index is -0.873. The van der Waals surface area contributed by atoms with E-state index in [0.717, 1.165) is 10.0 Å². The number of hydrogen-bond donors (Lipinski definition) is 2. The Balaban J connectivity index is 2.09. The zero-order valence-electron chi connectivity index (χ0n) is 8.52. The molecule has 2 unspecified atom stereocenters. The number of hydrogen-bond acceptors (Lipinski definition) is 3. The van der Waals surface area contributed by atoms with Crippen LogP contribution < -0.4 is 5.32 Å². The van der Waals surface area contributed by atoms with Crippen molar-refractivity contribution in [1.29, 1.82) is 0 Å². The minimum Gasteiger partial charge on any atom is -0.480 e. The summed E-state index contributed by atoms with van der Waals surface area (Å²) < 4.78 is 6.29. The van der Waals surface area contributed by atoms with E-state index < -0.39 is 12.0 Å². The van der Waals surface area contributed by atoms with Crippen LogP contribution in [0.15, 0.2) is 28.7 Å². The monoisotopic (exact) mass is 285 g/mol. The Morgan fingerprint density at radius 2 is 2.06 bits per heavy atom. The van der Waals surface area contributed by atoms with Gasteiger partial charge in [0.15, 0.2) is 0 Å². The number of halogens is 1. The average molecular weight is 286 g/mol. The number of aliphatic carboxylic acids is 1. The van der Waals surface area contributed by atoms with Crippen LogP contribution in [0, 0.1) is 0 Å². The maximum absolute atomic E-state index is 10.8. The van der Waals surface area contributed by atoms with Crippen LogP contribution >= 0.6 is 15.9 Å². The van der Waals surface area contributed by atoms with Crippen molar-refractivity contribution in [2.24, 2.45) is 0 Å². The molecule has 4 nitrogen and oxygen atoms in total. The van der Waals surface area contributed by atoms with Crippen LogP contribution in [0.4, 0.5) is 0 Å². The third-order valence-corrected chi connectivity index (χ3v) is 3.07. The van der Waals surface area contributed by atoms with Crippen molar-refractivity contribution in [3.05, 3.63) is 34.3 Å². The van der Waals surface area contributed by atoms with Gasteiger partial charge in [-0.1, -0.05) is 28.1 Å². The number of nitrogens with one attached hydrogen (secondary N) is 1. The molecule has 1 aromatic rings. The summed E-state index contributed by atoms with van der Waals surface area (Å²) in [6.07, 6.45) is 0. The van der Waals surface area contributed by atoms with Gasteiger partial charge in [-0.3, -0.25) is 10.1 Å². The fourth-order valence-corrected chi connectivity index (χ4v) is 1.94. The predicted octanol–water partition coefficient (Wildman–Crippen LogP) is 1.56. The van der Waals surface area contributed by atoms with Gasteiger partial charge < -0.3 is 9.84 Å². The zero-order valence-corrected chi connectivity index (χ0v) is 10.1. The molecule has 1 heterocycles. The van der Waals surface area contributed by atoms with Gasteiger partial charge in [-0.25, -0.2) is 0 Å². The Hall–Kier alpha value is -0.910. The van der Waals surface area contributed by atoms with E-state index in [1.807, 2.05) is 24.3 Å². The van der Waals surface area contributed by atoms with Gasteiger partial charge in [0.05, 0.1) is 19.3 Å². The van der Waals surface area contributed by atoms with E-state index in [2.05, 4.69) is 21.2 Å². The molecule has 16 heavy (non-hydrogen) atoms. The van der Waals surface area contributed by atoms with Gasteiger partial charge in [-0.2, -0.15) is 0 Å². The normalized spacial score (nSPS) is 25.3. The number of rotatable bonds is 2. The number of carbonyl (C=O) groups is 1. The van der Waals surface area contributed by atoms with Crippen LogP contribution in [0.25, 0.3) is 0 Å². The number of benzene rings is 1. The molecule has 0 radical (unpaired) electrons. The number of ether oxygens (including phenoxy) is 1. The molecule has 0 aromatic heterocycles. The molecule has 2 atom stereocenters. The Morgan fingerprint density at radius 1 is 1.38 bits per heavy atom. The summed E-state index contributed by atoms with van der Waals surface area (Å²) in [6.45, 7) is 0.730. The lowest BCUT2D eigenvalue weighted by molar-refractivity contribution is -0.143. The predicted molar refractivity (Wildman–Crippen MR) is 62.3 cm³/mol. The molecule has 1 aromatic carbocycles. The molecule has 0 saturated carbocycles. The highest BCUT2D eigenvalue weighted by atomic mass is 79.9. The van der Waals surface area contributed by atoms with E-state index >= 15 is 0 Å². The fraction of sp³-hybridized carbons (Fsp3) is 0.364. The van der Waals surface area contributed by atoms with Crippen molar-refractivity contribution in [2.75, 3.05) is 13.2 Å². The topological polar surface area (TPSA) is 58.6 Å². The van der Waals surface area contributed by atoms with Crippen LogP contribution in [0.5, 0.6) is 0 Å². The second-order valence-electron chi connectivity index (χ2n) is 3.70. The van der Waals surface area contributed by atoms with Gasteiger partial charge in [-0.15, -0.1) is 0 Å². The summed E-state index contributed by atoms with van der Waals surface area (Å²) >= 11 is 3.36. The fourth-order valence-electron chi connectivity index (χ4n) is 1.67. The van der Waals surface area contributed by atoms with Crippen molar-refractivity contribution in [1.82, 2.24) is 5.32 Å². The zero-order chi connectivity index (χ0) is 11.5. The van der Waals surface area contributed by atoms with Gasteiger partial charge in [0.1, 0.15) is 6.04 Å². The summed E-state index contributed by atoms with van der Waals surface area (Å²) in [7, 11) is 0. The summed E-state index contributed by atoms with van der Waals surface area (Å²) in [5.74, 6) is -0.873. The second-order valence-corrected chi connectivity index (χ2v) is 4.61. The van der Waals surface area contributed by atoms with Crippen LogP contribution in [-0.4, -0.2) is 30.3 Å².